The van der Waals surface area contributed by atoms with Gasteiger partial charge in [0.2, 0.25) is 5.28 Å². The van der Waals surface area contributed by atoms with Gasteiger partial charge < -0.3 is 0 Å². The SMILES string of the molecule is Clc1nc(-c2cccc(-c3cc(-c4ccc(-c5ccccc5)cc4)cc(-c4ccccc4)n3)n2)nc(-c2cccc3ccccc23)n1. The minimum atomic E-state index is 0.107. The molecule has 0 N–H and O–H groups in total. The number of nitrogens with zero attached hydrogens (tertiary/aromatic N) is 5. The standard InChI is InChI=1S/C41H26ClN5/c42-41-46-39(34-18-9-16-30-13-7-8-17-33(30)34)45-40(47-41)36-20-10-19-35(43-36)38-26-32(25-37(44-38)31-14-5-2-6-15-31)29-23-21-28(22-24-29)27-11-3-1-4-12-27/h1-26H. The summed E-state index contributed by atoms with van der Waals surface area (Å²) in [5.41, 5.74) is 9.26. The van der Waals surface area contributed by atoms with E-state index in [2.05, 4.69) is 101 Å². The fraction of sp³-hybridized carbons (Fsp3) is 0. The zero-order chi connectivity index (χ0) is 31.6. The Balaban J connectivity index is 1.21. The van der Waals surface area contributed by atoms with Crippen LogP contribution in [0.1, 0.15) is 0 Å². The fourth-order valence-corrected chi connectivity index (χ4v) is 5.94. The van der Waals surface area contributed by atoms with Gasteiger partial charge in [0.05, 0.1) is 17.1 Å². The van der Waals surface area contributed by atoms with Gasteiger partial charge in [-0.05, 0) is 68.9 Å². The predicted octanol–water partition coefficient (Wildman–Crippen LogP) is 10.5. The van der Waals surface area contributed by atoms with E-state index in [0.29, 0.717) is 23.0 Å². The Morgan fingerprint density at radius 1 is 0.340 bits per heavy atom. The highest BCUT2D eigenvalue weighted by Crippen LogP contribution is 2.33. The molecule has 0 fully saturated rings. The largest absolute Gasteiger partial charge is 0.246 e. The maximum atomic E-state index is 6.48. The van der Waals surface area contributed by atoms with Gasteiger partial charge in [0.25, 0.3) is 0 Å². The van der Waals surface area contributed by atoms with Crippen molar-refractivity contribution in [2.45, 2.75) is 0 Å². The molecule has 0 saturated carbocycles. The van der Waals surface area contributed by atoms with Crippen molar-refractivity contribution in [1.29, 1.82) is 0 Å². The maximum Gasteiger partial charge on any atom is 0.226 e. The Kier molecular flexibility index (Phi) is 7.50. The molecule has 0 spiro atoms. The first-order chi connectivity index (χ1) is 23.2. The molecule has 0 saturated heterocycles. The van der Waals surface area contributed by atoms with Crippen LogP contribution in [-0.2, 0) is 0 Å². The number of fused-ring (bicyclic) bond motifs is 1. The third kappa shape index (κ3) is 5.88. The van der Waals surface area contributed by atoms with Crippen LogP contribution in [0.2, 0.25) is 5.28 Å². The Hall–Kier alpha value is -6.04. The van der Waals surface area contributed by atoms with Gasteiger partial charge in [-0.2, -0.15) is 9.97 Å². The normalized spacial score (nSPS) is 11.1. The van der Waals surface area contributed by atoms with Gasteiger partial charge in [0.1, 0.15) is 5.69 Å². The van der Waals surface area contributed by atoms with Crippen molar-refractivity contribution in [2.24, 2.45) is 0 Å². The molecule has 0 aliphatic carbocycles. The van der Waals surface area contributed by atoms with Crippen molar-refractivity contribution in [3.63, 3.8) is 0 Å². The molecule has 0 atom stereocenters. The second-order valence-corrected chi connectivity index (χ2v) is 11.5. The molecule has 222 valence electrons. The molecule has 47 heavy (non-hydrogen) atoms. The number of rotatable bonds is 6. The molecule has 3 heterocycles. The summed E-state index contributed by atoms with van der Waals surface area (Å²) >= 11 is 6.48. The molecule has 0 aliphatic rings. The average molecular weight is 624 g/mol. The van der Waals surface area contributed by atoms with Crippen LogP contribution >= 0.6 is 11.6 Å². The summed E-state index contributed by atoms with van der Waals surface area (Å²) < 4.78 is 0. The predicted molar refractivity (Wildman–Crippen MR) is 191 cm³/mol. The molecule has 0 unspecified atom stereocenters. The van der Waals surface area contributed by atoms with Crippen LogP contribution in [0.25, 0.3) is 78.6 Å². The van der Waals surface area contributed by atoms with Crippen molar-refractivity contribution < 1.29 is 0 Å². The zero-order valence-electron chi connectivity index (χ0n) is 25.1. The molecule has 0 aliphatic heterocycles. The molecular weight excluding hydrogens is 598 g/mol. The van der Waals surface area contributed by atoms with Crippen LogP contribution in [0.4, 0.5) is 0 Å². The number of pyridine rings is 2. The Bertz CT molecular complexity index is 2350. The lowest BCUT2D eigenvalue weighted by Crippen LogP contribution is -2.00. The second-order valence-electron chi connectivity index (χ2n) is 11.1. The molecule has 0 bridgehead atoms. The molecule has 0 amide bonds. The highest BCUT2D eigenvalue weighted by Gasteiger charge is 2.15. The van der Waals surface area contributed by atoms with E-state index < -0.39 is 0 Å². The molecule has 3 aromatic heterocycles. The summed E-state index contributed by atoms with van der Waals surface area (Å²) in [5.74, 6) is 0.889. The number of hydrogen-bond donors (Lipinski definition) is 0. The second kappa shape index (κ2) is 12.4. The average Bonchev–Trinajstić information content (AvgIpc) is 3.15. The van der Waals surface area contributed by atoms with Crippen LogP contribution in [0, 0.1) is 0 Å². The molecular formula is C41H26ClN5. The van der Waals surface area contributed by atoms with Crippen molar-refractivity contribution >= 4 is 22.4 Å². The van der Waals surface area contributed by atoms with Gasteiger partial charge in [-0.15, -0.1) is 0 Å². The van der Waals surface area contributed by atoms with E-state index in [1.165, 1.54) is 11.1 Å². The highest BCUT2D eigenvalue weighted by molar-refractivity contribution is 6.28. The van der Waals surface area contributed by atoms with Gasteiger partial charge in [0, 0.05) is 11.1 Å². The smallest absolute Gasteiger partial charge is 0.226 e. The van der Waals surface area contributed by atoms with E-state index in [1.54, 1.807) is 0 Å². The third-order valence-electron chi connectivity index (χ3n) is 8.10. The molecule has 6 heteroatoms. The van der Waals surface area contributed by atoms with Gasteiger partial charge in [-0.25, -0.2) is 15.0 Å². The lowest BCUT2D eigenvalue weighted by molar-refractivity contribution is 1.05. The van der Waals surface area contributed by atoms with Gasteiger partial charge >= 0.3 is 0 Å². The zero-order valence-corrected chi connectivity index (χ0v) is 25.9. The van der Waals surface area contributed by atoms with Crippen LogP contribution in [0.3, 0.4) is 0 Å². The van der Waals surface area contributed by atoms with Gasteiger partial charge in [-0.3, -0.25) is 0 Å². The Morgan fingerprint density at radius 2 is 0.894 bits per heavy atom. The van der Waals surface area contributed by atoms with Crippen molar-refractivity contribution in [3.8, 4) is 67.8 Å². The molecule has 8 rings (SSSR count). The lowest BCUT2D eigenvalue weighted by Gasteiger charge is -2.11. The van der Waals surface area contributed by atoms with Gasteiger partial charge in [-0.1, -0.05) is 133 Å². The quantitative estimate of drug-likeness (QED) is 0.184. The molecule has 0 radical (unpaired) electrons. The summed E-state index contributed by atoms with van der Waals surface area (Å²) in [7, 11) is 0. The van der Waals surface area contributed by atoms with Crippen molar-refractivity contribution in [1.82, 2.24) is 24.9 Å². The Labute approximate surface area is 277 Å². The summed E-state index contributed by atoms with van der Waals surface area (Å²) in [4.78, 5) is 23.9. The monoisotopic (exact) mass is 623 g/mol. The number of benzene rings is 5. The van der Waals surface area contributed by atoms with E-state index >= 15 is 0 Å². The van der Waals surface area contributed by atoms with Crippen molar-refractivity contribution in [3.05, 3.63) is 163 Å². The molecule has 8 aromatic rings. The molecule has 5 aromatic carbocycles. The first-order valence-electron chi connectivity index (χ1n) is 15.3. The first-order valence-corrected chi connectivity index (χ1v) is 15.7. The van der Waals surface area contributed by atoms with E-state index in [9.17, 15) is 0 Å². The van der Waals surface area contributed by atoms with Crippen LogP contribution in [0.5, 0.6) is 0 Å². The van der Waals surface area contributed by atoms with E-state index in [4.69, 9.17) is 26.6 Å². The topological polar surface area (TPSA) is 64.5 Å². The number of halogens is 1. The van der Waals surface area contributed by atoms with E-state index in [1.807, 2.05) is 66.7 Å². The van der Waals surface area contributed by atoms with Crippen LogP contribution in [-0.4, -0.2) is 24.9 Å². The minimum Gasteiger partial charge on any atom is -0.246 e. The van der Waals surface area contributed by atoms with Gasteiger partial charge in [0.15, 0.2) is 11.6 Å². The maximum absolute atomic E-state index is 6.48. The number of hydrogen-bond acceptors (Lipinski definition) is 5. The van der Waals surface area contributed by atoms with Crippen LogP contribution in [0.15, 0.2) is 158 Å². The highest BCUT2D eigenvalue weighted by atomic mass is 35.5. The summed E-state index contributed by atoms with van der Waals surface area (Å²) in [5, 5.41) is 2.24. The first kappa shape index (κ1) is 28.4. The van der Waals surface area contributed by atoms with Crippen LogP contribution < -0.4 is 0 Å². The third-order valence-corrected chi connectivity index (χ3v) is 8.27. The van der Waals surface area contributed by atoms with E-state index in [-0.39, 0.29) is 5.28 Å². The molecule has 5 nitrogen and oxygen atoms in total. The van der Waals surface area contributed by atoms with E-state index in [0.717, 1.165) is 44.4 Å². The minimum absolute atomic E-state index is 0.107. The summed E-state index contributed by atoms with van der Waals surface area (Å²) in [6.07, 6.45) is 0. The van der Waals surface area contributed by atoms with Crippen molar-refractivity contribution in [2.75, 3.05) is 0 Å². The summed E-state index contributed by atoms with van der Waals surface area (Å²) in [6.45, 7) is 0. The summed E-state index contributed by atoms with van der Waals surface area (Å²) in [6, 6.07) is 53.4. The fourth-order valence-electron chi connectivity index (χ4n) is 5.78. The number of aromatic nitrogens is 5. The Morgan fingerprint density at radius 3 is 1.68 bits per heavy atom. The lowest BCUT2D eigenvalue weighted by atomic mass is 9.98.